The van der Waals surface area contributed by atoms with Gasteiger partial charge in [0.25, 0.3) is 5.91 Å². The average molecular weight is 361 g/mol. The number of hydrogen-bond donors (Lipinski definition) is 1. The van der Waals surface area contributed by atoms with Gasteiger partial charge in [0, 0.05) is 31.2 Å². The van der Waals surface area contributed by atoms with Crippen LogP contribution in [0.3, 0.4) is 0 Å². The maximum atomic E-state index is 13.0. The second-order valence-electron chi connectivity index (χ2n) is 5.48. The minimum Gasteiger partial charge on any atom is -0.346 e. The standard InChI is InChI=1S/C17H14F3N5O/c1-25-10-11(8-24-25)15-14(21-6-7-22-15)9-23-16(26)12-4-2-3-5-13(12)17(18,19)20/h2-8,10H,9H2,1H3,(H,23,26). The van der Waals surface area contributed by atoms with E-state index >= 15 is 0 Å². The number of alkyl halides is 3. The number of halogens is 3. The number of aryl methyl sites for hydroxylation is 1. The smallest absolute Gasteiger partial charge is 0.346 e. The Bertz CT molecular complexity index is 936. The van der Waals surface area contributed by atoms with E-state index in [1.54, 1.807) is 24.1 Å². The van der Waals surface area contributed by atoms with E-state index in [4.69, 9.17) is 0 Å². The third kappa shape index (κ3) is 3.71. The van der Waals surface area contributed by atoms with Crippen LogP contribution in [0.5, 0.6) is 0 Å². The quantitative estimate of drug-likeness (QED) is 0.776. The summed E-state index contributed by atoms with van der Waals surface area (Å²) in [5.74, 6) is -0.833. The van der Waals surface area contributed by atoms with Crippen LogP contribution in [0.1, 0.15) is 21.6 Å². The first-order valence-electron chi connectivity index (χ1n) is 7.59. The highest BCUT2D eigenvalue weighted by Crippen LogP contribution is 2.31. The Morgan fingerprint density at radius 3 is 2.62 bits per heavy atom. The molecule has 3 rings (SSSR count). The maximum Gasteiger partial charge on any atom is 0.417 e. The van der Waals surface area contributed by atoms with Gasteiger partial charge in [0.05, 0.1) is 35.3 Å². The summed E-state index contributed by atoms with van der Waals surface area (Å²) in [4.78, 5) is 20.6. The summed E-state index contributed by atoms with van der Waals surface area (Å²) >= 11 is 0. The number of hydrogen-bond acceptors (Lipinski definition) is 4. The van der Waals surface area contributed by atoms with Crippen LogP contribution in [0.2, 0.25) is 0 Å². The van der Waals surface area contributed by atoms with E-state index in [0.717, 1.165) is 12.1 Å². The van der Waals surface area contributed by atoms with E-state index in [0.29, 0.717) is 17.0 Å². The molecule has 1 amide bonds. The lowest BCUT2D eigenvalue weighted by Gasteiger charge is -2.13. The van der Waals surface area contributed by atoms with Crippen LogP contribution >= 0.6 is 0 Å². The van der Waals surface area contributed by atoms with E-state index in [-0.39, 0.29) is 6.54 Å². The fourth-order valence-corrected chi connectivity index (χ4v) is 2.47. The number of aromatic nitrogens is 4. The molecule has 0 aliphatic rings. The Morgan fingerprint density at radius 1 is 1.19 bits per heavy atom. The largest absolute Gasteiger partial charge is 0.417 e. The second-order valence-corrected chi connectivity index (χ2v) is 5.48. The van der Waals surface area contributed by atoms with Crippen molar-refractivity contribution in [1.82, 2.24) is 25.1 Å². The Hall–Kier alpha value is -3.23. The molecular formula is C17H14F3N5O. The van der Waals surface area contributed by atoms with Crippen molar-refractivity contribution in [3.8, 4) is 11.3 Å². The molecule has 0 saturated heterocycles. The van der Waals surface area contributed by atoms with Crippen molar-refractivity contribution in [2.24, 2.45) is 7.05 Å². The average Bonchev–Trinajstić information content (AvgIpc) is 3.05. The molecule has 0 unspecified atom stereocenters. The topological polar surface area (TPSA) is 72.7 Å². The van der Waals surface area contributed by atoms with Gasteiger partial charge in [0.1, 0.15) is 0 Å². The molecule has 1 aromatic carbocycles. The molecule has 0 saturated carbocycles. The van der Waals surface area contributed by atoms with Crippen LogP contribution in [0.25, 0.3) is 11.3 Å². The van der Waals surface area contributed by atoms with Gasteiger partial charge in [-0.15, -0.1) is 0 Å². The molecule has 1 N–H and O–H groups in total. The third-order valence-electron chi connectivity index (χ3n) is 3.65. The number of carbonyl (C=O) groups is 1. The van der Waals surface area contributed by atoms with E-state index in [1.807, 2.05) is 0 Å². The Labute approximate surface area is 146 Å². The van der Waals surface area contributed by atoms with Gasteiger partial charge in [-0.05, 0) is 12.1 Å². The maximum absolute atomic E-state index is 13.0. The van der Waals surface area contributed by atoms with E-state index in [1.165, 1.54) is 24.5 Å². The minimum absolute atomic E-state index is 0.0664. The number of nitrogens with one attached hydrogen (secondary N) is 1. The van der Waals surface area contributed by atoms with Crippen molar-refractivity contribution in [2.75, 3.05) is 0 Å². The number of amides is 1. The fraction of sp³-hybridized carbons (Fsp3) is 0.176. The predicted molar refractivity (Wildman–Crippen MR) is 86.8 cm³/mol. The Balaban J connectivity index is 1.82. The summed E-state index contributed by atoms with van der Waals surface area (Å²) in [6.07, 6.45) is 1.65. The molecule has 26 heavy (non-hydrogen) atoms. The molecular weight excluding hydrogens is 347 g/mol. The molecule has 134 valence electrons. The molecule has 0 fully saturated rings. The highest BCUT2D eigenvalue weighted by atomic mass is 19.4. The summed E-state index contributed by atoms with van der Waals surface area (Å²) in [5.41, 5.74) is 0.208. The van der Waals surface area contributed by atoms with E-state index < -0.39 is 23.2 Å². The predicted octanol–water partition coefficient (Wildman–Crippen LogP) is 2.83. The monoisotopic (exact) mass is 361 g/mol. The van der Waals surface area contributed by atoms with Crippen LogP contribution in [0.4, 0.5) is 13.2 Å². The van der Waals surface area contributed by atoms with Gasteiger partial charge in [-0.2, -0.15) is 18.3 Å². The van der Waals surface area contributed by atoms with Gasteiger partial charge < -0.3 is 5.32 Å². The van der Waals surface area contributed by atoms with E-state index in [9.17, 15) is 18.0 Å². The second kappa shape index (κ2) is 6.95. The number of benzene rings is 1. The Morgan fingerprint density at radius 2 is 1.92 bits per heavy atom. The summed E-state index contributed by atoms with van der Waals surface area (Å²) < 4.78 is 40.7. The lowest BCUT2D eigenvalue weighted by Crippen LogP contribution is -2.26. The molecule has 2 heterocycles. The summed E-state index contributed by atoms with van der Waals surface area (Å²) in [6, 6.07) is 4.63. The molecule has 6 nitrogen and oxygen atoms in total. The summed E-state index contributed by atoms with van der Waals surface area (Å²) in [7, 11) is 1.75. The molecule has 0 spiro atoms. The first-order chi connectivity index (χ1) is 12.4. The molecule has 0 aliphatic carbocycles. The molecule has 0 aliphatic heterocycles. The first kappa shape index (κ1) is 17.6. The molecule has 9 heteroatoms. The van der Waals surface area contributed by atoms with Crippen LogP contribution in [0.15, 0.2) is 49.1 Å². The van der Waals surface area contributed by atoms with Crippen LogP contribution in [-0.4, -0.2) is 25.7 Å². The number of carbonyl (C=O) groups excluding carboxylic acids is 1. The normalized spacial score (nSPS) is 11.4. The minimum atomic E-state index is -4.61. The third-order valence-corrected chi connectivity index (χ3v) is 3.65. The molecule has 0 radical (unpaired) electrons. The van der Waals surface area contributed by atoms with Crippen molar-refractivity contribution in [3.63, 3.8) is 0 Å². The highest BCUT2D eigenvalue weighted by molar-refractivity contribution is 5.95. The van der Waals surface area contributed by atoms with Crippen LogP contribution in [0, 0.1) is 0 Å². The molecule has 0 bridgehead atoms. The van der Waals surface area contributed by atoms with Gasteiger partial charge in [0.2, 0.25) is 0 Å². The van der Waals surface area contributed by atoms with Crippen LogP contribution in [-0.2, 0) is 19.8 Å². The van der Waals surface area contributed by atoms with Crippen molar-refractivity contribution in [2.45, 2.75) is 12.7 Å². The van der Waals surface area contributed by atoms with E-state index in [2.05, 4.69) is 20.4 Å². The molecule has 0 atom stereocenters. The van der Waals surface area contributed by atoms with Crippen molar-refractivity contribution in [3.05, 3.63) is 65.9 Å². The van der Waals surface area contributed by atoms with Gasteiger partial charge in [-0.25, -0.2) is 0 Å². The summed E-state index contributed by atoms with van der Waals surface area (Å²) in [6.45, 7) is -0.0664. The zero-order valence-corrected chi connectivity index (χ0v) is 13.7. The van der Waals surface area contributed by atoms with Gasteiger partial charge >= 0.3 is 6.18 Å². The Kier molecular flexibility index (Phi) is 4.70. The zero-order chi connectivity index (χ0) is 18.7. The van der Waals surface area contributed by atoms with Gasteiger partial charge in [0.15, 0.2) is 0 Å². The van der Waals surface area contributed by atoms with Gasteiger partial charge in [-0.1, -0.05) is 12.1 Å². The SMILES string of the molecule is Cn1cc(-c2nccnc2CNC(=O)c2ccccc2C(F)(F)F)cn1. The summed E-state index contributed by atoms with van der Waals surface area (Å²) in [5, 5.41) is 6.53. The zero-order valence-electron chi connectivity index (χ0n) is 13.7. The van der Waals surface area contributed by atoms with Crippen LogP contribution < -0.4 is 5.32 Å². The lowest BCUT2D eigenvalue weighted by molar-refractivity contribution is -0.137. The van der Waals surface area contributed by atoms with Crippen molar-refractivity contribution < 1.29 is 18.0 Å². The molecule has 2 aromatic heterocycles. The highest BCUT2D eigenvalue weighted by Gasteiger charge is 2.34. The van der Waals surface area contributed by atoms with Crippen molar-refractivity contribution >= 4 is 5.91 Å². The molecule has 3 aromatic rings. The number of rotatable bonds is 4. The van der Waals surface area contributed by atoms with Crippen molar-refractivity contribution in [1.29, 1.82) is 0 Å². The number of nitrogens with zero attached hydrogens (tertiary/aromatic N) is 4. The lowest BCUT2D eigenvalue weighted by atomic mass is 10.1. The first-order valence-corrected chi connectivity index (χ1v) is 7.59. The van der Waals surface area contributed by atoms with Gasteiger partial charge in [-0.3, -0.25) is 19.4 Å². The fourth-order valence-electron chi connectivity index (χ4n) is 2.47.